The average Bonchev–Trinajstić information content (AvgIpc) is 2.15. The standard InChI is InChI=1S/C9H10FNO2S/c10-14(12,13)9-3-1-2-7-4-5-11-6-8(7)9/h1-3,11H,4-6H2. The summed E-state index contributed by atoms with van der Waals surface area (Å²) in [6, 6.07) is 4.72. The van der Waals surface area contributed by atoms with Crippen molar-refractivity contribution in [3.63, 3.8) is 0 Å². The highest BCUT2D eigenvalue weighted by molar-refractivity contribution is 7.86. The van der Waals surface area contributed by atoms with E-state index >= 15 is 0 Å². The maximum absolute atomic E-state index is 12.9. The molecule has 76 valence electrons. The summed E-state index contributed by atoms with van der Waals surface area (Å²) >= 11 is 0. The molecule has 1 aromatic carbocycles. The van der Waals surface area contributed by atoms with Crippen molar-refractivity contribution in [3.8, 4) is 0 Å². The van der Waals surface area contributed by atoms with E-state index in [1.807, 2.05) is 6.07 Å². The fourth-order valence-electron chi connectivity index (χ4n) is 1.71. The molecule has 0 bridgehead atoms. The maximum Gasteiger partial charge on any atom is 0.332 e. The van der Waals surface area contributed by atoms with Gasteiger partial charge in [0.05, 0.1) is 0 Å². The molecule has 0 radical (unpaired) electrons. The number of rotatable bonds is 1. The largest absolute Gasteiger partial charge is 0.332 e. The van der Waals surface area contributed by atoms with Crippen molar-refractivity contribution in [1.29, 1.82) is 0 Å². The van der Waals surface area contributed by atoms with E-state index in [1.165, 1.54) is 6.07 Å². The molecule has 1 aromatic rings. The van der Waals surface area contributed by atoms with Crippen LogP contribution in [-0.2, 0) is 23.2 Å². The minimum absolute atomic E-state index is 0.192. The molecule has 1 aliphatic rings. The van der Waals surface area contributed by atoms with Crippen molar-refractivity contribution in [2.45, 2.75) is 17.9 Å². The number of fused-ring (bicyclic) bond motifs is 1. The molecule has 0 saturated carbocycles. The van der Waals surface area contributed by atoms with Crippen molar-refractivity contribution < 1.29 is 12.3 Å². The van der Waals surface area contributed by atoms with Crippen LogP contribution in [0.15, 0.2) is 23.1 Å². The number of hydrogen-bond acceptors (Lipinski definition) is 3. The number of benzene rings is 1. The normalized spacial score (nSPS) is 16.4. The van der Waals surface area contributed by atoms with Crippen LogP contribution in [0.5, 0.6) is 0 Å². The summed E-state index contributed by atoms with van der Waals surface area (Å²) in [7, 11) is -4.58. The van der Waals surface area contributed by atoms with Crippen LogP contribution in [-0.4, -0.2) is 15.0 Å². The Balaban J connectivity index is 2.62. The Morgan fingerprint density at radius 2 is 2.14 bits per heavy atom. The Hall–Kier alpha value is -0.940. The van der Waals surface area contributed by atoms with Crippen LogP contribution in [0.25, 0.3) is 0 Å². The Morgan fingerprint density at radius 3 is 2.86 bits per heavy atom. The molecule has 2 rings (SSSR count). The first-order valence-corrected chi connectivity index (χ1v) is 5.73. The van der Waals surface area contributed by atoms with Gasteiger partial charge >= 0.3 is 10.2 Å². The molecule has 0 aliphatic carbocycles. The molecule has 0 fully saturated rings. The Morgan fingerprint density at radius 1 is 1.36 bits per heavy atom. The van der Waals surface area contributed by atoms with Gasteiger partial charge in [-0.05, 0) is 30.2 Å². The summed E-state index contributed by atoms with van der Waals surface area (Å²) in [5, 5.41) is 3.02. The zero-order valence-corrected chi connectivity index (χ0v) is 8.27. The van der Waals surface area contributed by atoms with E-state index in [0.29, 0.717) is 12.1 Å². The predicted molar refractivity (Wildman–Crippen MR) is 50.1 cm³/mol. The highest BCUT2D eigenvalue weighted by atomic mass is 32.3. The second kappa shape index (κ2) is 3.33. The van der Waals surface area contributed by atoms with E-state index in [1.54, 1.807) is 6.07 Å². The van der Waals surface area contributed by atoms with Gasteiger partial charge in [-0.15, -0.1) is 3.89 Å². The van der Waals surface area contributed by atoms with E-state index in [0.717, 1.165) is 18.5 Å². The lowest BCUT2D eigenvalue weighted by Gasteiger charge is -2.18. The van der Waals surface area contributed by atoms with Gasteiger partial charge in [0.25, 0.3) is 0 Å². The summed E-state index contributed by atoms with van der Waals surface area (Å²) in [5.74, 6) is 0. The zero-order chi connectivity index (χ0) is 10.2. The second-order valence-electron chi connectivity index (χ2n) is 3.26. The molecule has 1 aliphatic heterocycles. The van der Waals surface area contributed by atoms with E-state index < -0.39 is 10.2 Å². The van der Waals surface area contributed by atoms with Crippen LogP contribution in [0.4, 0.5) is 3.89 Å². The minimum Gasteiger partial charge on any atom is -0.312 e. The fraction of sp³-hybridized carbons (Fsp3) is 0.333. The molecule has 5 heteroatoms. The van der Waals surface area contributed by atoms with Crippen molar-refractivity contribution in [3.05, 3.63) is 29.3 Å². The zero-order valence-electron chi connectivity index (χ0n) is 7.46. The third-order valence-corrected chi connectivity index (χ3v) is 3.27. The third-order valence-electron chi connectivity index (χ3n) is 2.37. The number of halogens is 1. The molecule has 0 saturated heterocycles. The molecule has 3 nitrogen and oxygen atoms in total. The van der Waals surface area contributed by atoms with Gasteiger partial charge in [0.1, 0.15) is 4.90 Å². The smallest absolute Gasteiger partial charge is 0.312 e. The lowest BCUT2D eigenvalue weighted by atomic mass is 10.0. The van der Waals surface area contributed by atoms with Gasteiger partial charge in [0.15, 0.2) is 0 Å². The van der Waals surface area contributed by atoms with E-state index in [2.05, 4.69) is 5.32 Å². The summed E-state index contributed by atoms with van der Waals surface area (Å²) in [6.45, 7) is 1.23. The summed E-state index contributed by atoms with van der Waals surface area (Å²) in [4.78, 5) is -0.192. The monoisotopic (exact) mass is 215 g/mol. The van der Waals surface area contributed by atoms with Crippen LogP contribution in [0.1, 0.15) is 11.1 Å². The van der Waals surface area contributed by atoms with Gasteiger partial charge in [0, 0.05) is 6.54 Å². The van der Waals surface area contributed by atoms with Crippen molar-refractivity contribution in [1.82, 2.24) is 5.32 Å². The minimum atomic E-state index is -4.58. The highest BCUT2D eigenvalue weighted by Gasteiger charge is 2.20. The Labute approximate surface area is 82.2 Å². The van der Waals surface area contributed by atoms with Crippen LogP contribution in [0, 0.1) is 0 Å². The Bertz CT molecular complexity index is 456. The van der Waals surface area contributed by atoms with Crippen LogP contribution in [0.3, 0.4) is 0 Å². The van der Waals surface area contributed by atoms with Gasteiger partial charge in [0.2, 0.25) is 0 Å². The van der Waals surface area contributed by atoms with Gasteiger partial charge < -0.3 is 5.32 Å². The van der Waals surface area contributed by atoms with Crippen molar-refractivity contribution in [2.24, 2.45) is 0 Å². The molecule has 0 unspecified atom stereocenters. The quantitative estimate of drug-likeness (QED) is 0.711. The molecular formula is C9H10FNO2S. The average molecular weight is 215 g/mol. The van der Waals surface area contributed by atoms with Gasteiger partial charge in [-0.25, -0.2) is 0 Å². The number of hydrogen-bond donors (Lipinski definition) is 1. The van der Waals surface area contributed by atoms with Crippen LogP contribution >= 0.6 is 0 Å². The van der Waals surface area contributed by atoms with E-state index in [9.17, 15) is 12.3 Å². The van der Waals surface area contributed by atoms with E-state index in [4.69, 9.17) is 0 Å². The van der Waals surface area contributed by atoms with Crippen LogP contribution in [0.2, 0.25) is 0 Å². The van der Waals surface area contributed by atoms with E-state index in [-0.39, 0.29) is 4.90 Å². The predicted octanol–water partition coefficient (Wildman–Crippen LogP) is 0.991. The lowest BCUT2D eigenvalue weighted by Crippen LogP contribution is -2.25. The lowest BCUT2D eigenvalue weighted by molar-refractivity contribution is 0.546. The van der Waals surface area contributed by atoms with Gasteiger partial charge in [-0.2, -0.15) is 8.42 Å². The first-order valence-electron chi connectivity index (χ1n) is 4.35. The van der Waals surface area contributed by atoms with Crippen molar-refractivity contribution in [2.75, 3.05) is 6.54 Å². The second-order valence-corrected chi connectivity index (χ2v) is 4.57. The Kier molecular flexibility index (Phi) is 2.28. The summed E-state index contributed by atoms with van der Waals surface area (Å²) in [6.07, 6.45) is 0.749. The molecule has 1 heterocycles. The van der Waals surface area contributed by atoms with Gasteiger partial charge in [-0.1, -0.05) is 12.1 Å². The molecule has 1 N–H and O–H groups in total. The molecular weight excluding hydrogens is 205 g/mol. The topological polar surface area (TPSA) is 46.2 Å². The first-order chi connectivity index (χ1) is 6.59. The van der Waals surface area contributed by atoms with Gasteiger partial charge in [-0.3, -0.25) is 0 Å². The molecule has 0 amide bonds. The van der Waals surface area contributed by atoms with Crippen molar-refractivity contribution >= 4 is 10.2 Å². The molecule has 14 heavy (non-hydrogen) atoms. The maximum atomic E-state index is 12.9. The van der Waals surface area contributed by atoms with Crippen LogP contribution < -0.4 is 5.32 Å². The SMILES string of the molecule is O=S(=O)(F)c1cccc2c1CNCC2. The summed E-state index contributed by atoms with van der Waals surface area (Å²) < 4.78 is 34.5. The number of nitrogens with one attached hydrogen (secondary N) is 1. The molecule has 0 aromatic heterocycles. The fourth-order valence-corrected chi connectivity index (χ4v) is 2.45. The molecule has 0 atom stereocenters. The first kappa shape index (κ1) is 9.61. The third kappa shape index (κ3) is 1.65. The summed E-state index contributed by atoms with van der Waals surface area (Å²) in [5.41, 5.74) is 1.49. The molecule has 0 spiro atoms. The highest BCUT2D eigenvalue weighted by Crippen LogP contribution is 2.23.